The molecule has 0 aromatic rings. The fraction of sp³-hybridized carbons (Fsp3) is 0.769. The van der Waals surface area contributed by atoms with Gasteiger partial charge in [-0.25, -0.2) is 0 Å². The van der Waals surface area contributed by atoms with E-state index in [0.29, 0.717) is 13.0 Å². The van der Waals surface area contributed by atoms with Crippen molar-refractivity contribution in [1.82, 2.24) is 4.90 Å². The molecule has 0 bridgehead atoms. The lowest BCUT2D eigenvalue weighted by Gasteiger charge is -2.28. The van der Waals surface area contributed by atoms with Crippen LogP contribution in [0.3, 0.4) is 0 Å². The second-order valence-electron chi connectivity index (χ2n) is 5.11. The van der Waals surface area contributed by atoms with Crippen LogP contribution in [-0.2, 0) is 4.79 Å². The molecule has 3 nitrogen and oxygen atoms in total. The van der Waals surface area contributed by atoms with Crippen molar-refractivity contribution in [3.05, 3.63) is 12.2 Å². The SMILES string of the molecule is C=C(C)CN(CC)C(=O)CC1(N)CCCC1. The third kappa shape index (κ3) is 3.63. The van der Waals surface area contributed by atoms with E-state index in [1.807, 2.05) is 18.7 Å². The van der Waals surface area contributed by atoms with Crippen molar-refractivity contribution >= 4 is 5.91 Å². The van der Waals surface area contributed by atoms with Gasteiger partial charge in [-0.15, -0.1) is 0 Å². The monoisotopic (exact) mass is 224 g/mol. The normalized spacial score (nSPS) is 18.4. The molecular weight excluding hydrogens is 200 g/mol. The van der Waals surface area contributed by atoms with Crippen molar-refractivity contribution in [3.63, 3.8) is 0 Å². The van der Waals surface area contributed by atoms with Gasteiger partial charge in [-0.2, -0.15) is 0 Å². The summed E-state index contributed by atoms with van der Waals surface area (Å²) in [5.74, 6) is 0.176. The van der Waals surface area contributed by atoms with Crippen molar-refractivity contribution < 1.29 is 4.79 Å². The Labute approximate surface area is 98.7 Å². The molecule has 1 rings (SSSR count). The molecule has 0 saturated heterocycles. The average molecular weight is 224 g/mol. The Morgan fingerprint density at radius 1 is 1.44 bits per heavy atom. The summed E-state index contributed by atoms with van der Waals surface area (Å²) >= 11 is 0. The standard InChI is InChI=1S/C13H24N2O/c1-4-15(10-11(2)3)12(16)9-13(14)7-5-6-8-13/h2,4-10,14H2,1,3H3. The smallest absolute Gasteiger partial charge is 0.224 e. The molecule has 0 atom stereocenters. The third-order valence-corrected chi connectivity index (χ3v) is 3.30. The van der Waals surface area contributed by atoms with Gasteiger partial charge < -0.3 is 10.6 Å². The maximum Gasteiger partial charge on any atom is 0.224 e. The van der Waals surface area contributed by atoms with Crippen LogP contribution in [-0.4, -0.2) is 29.4 Å². The van der Waals surface area contributed by atoms with Crippen molar-refractivity contribution in [1.29, 1.82) is 0 Å². The highest BCUT2D eigenvalue weighted by atomic mass is 16.2. The number of likely N-dealkylation sites (N-methyl/N-ethyl adjacent to an activating group) is 1. The lowest BCUT2D eigenvalue weighted by molar-refractivity contribution is -0.131. The second kappa shape index (κ2) is 5.48. The van der Waals surface area contributed by atoms with E-state index >= 15 is 0 Å². The maximum atomic E-state index is 12.1. The van der Waals surface area contributed by atoms with E-state index in [0.717, 1.165) is 37.8 Å². The first-order valence-electron chi connectivity index (χ1n) is 6.18. The van der Waals surface area contributed by atoms with Gasteiger partial charge in [0.2, 0.25) is 5.91 Å². The molecular formula is C13H24N2O. The molecule has 3 heteroatoms. The van der Waals surface area contributed by atoms with Gasteiger partial charge in [-0.3, -0.25) is 4.79 Å². The van der Waals surface area contributed by atoms with Crippen molar-refractivity contribution in [2.75, 3.05) is 13.1 Å². The zero-order chi connectivity index (χ0) is 12.2. The molecule has 0 unspecified atom stereocenters. The molecule has 1 aliphatic rings. The lowest BCUT2D eigenvalue weighted by Crippen LogP contribution is -2.44. The first kappa shape index (κ1) is 13.2. The summed E-state index contributed by atoms with van der Waals surface area (Å²) < 4.78 is 0. The van der Waals surface area contributed by atoms with Crippen LogP contribution in [0.2, 0.25) is 0 Å². The quantitative estimate of drug-likeness (QED) is 0.727. The van der Waals surface area contributed by atoms with Crippen molar-refractivity contribution in [2.45, 2.75) is 51.5 Å². The minimum Gasteiger partial charge on any atom is -0.339 e. The van der Waals surface area contributed by atoms with Gasteiger partial charge in [-0.05, 0) is 26.7 Å². The van der Waals surface area contributed by atoms with Crippen LogP contribution >= 0.6 is 0 Å². The van der Waals surface area contributed by atoms with Crippen LogP contribution < -0.4 is 5.73 Å². The summed E-state index contributed by atoms with van der Waals surface area (Å²) in [5.41, 5.74) is 7.00. The van der Waals surface area contributed by atoms with E-state index < -0.39 is 0 Å². The molecule has 0 aromatic heterocycles. The highest BCUT2D eigenvalue weighted by Gasteiger charge is 2.32. The zero-order valence-electron chi connectivity index (χ0n) is 10.6. The highest BCUT2D eigenvalue weighted by Crippen LogP contribution is 2.30. The third-order valence-electron chi connectivity index (χ3n) is 3.30. The van der Waals surface area contributed by atoms with Crippen LogP contribution in [0.4, 0.5) is 0 Å². The molecule has 16 heavy (non-hydrogen) atoms. The Morgan fingerprint density at radius 3 is 2.44 bits per heavy atom. The first-order valence-corrected chi connectivity index (χ1v) is 6.18. The van der Waals surface area contributed by atoms with Gasteiger partial charge in [-0.1, -0.05) is 25.0 Å². The fourth-order valence-corrected chi connectivity index (χ4v) is 2.37. The molecule has 0 aliphatic heterocycles. The minimum atomic E-state index is -0.237. The van der Waals surface area contributed by atoms with E-state index in [1.54, 1.807) is 0 Å². The molecule has 1 aliphatic carbocycles. The number of carbonyl (C=O) groups excluding carboxylic acids is 1. The fourth-order valence-electron chi connectivity index (χ4n) is 2.37. The van der Waals surface area contributed by atoms with E-state index in [-0.39, 0.29) is 11.4 Å². The van der Waals surface area contributed by atoms with Gasteiger partial charge >= 0.3 is 0 Å². The van der Waals surface area contributed by atoms with Gasteiger partial charge in [0.25, 0.3) is 0 Å². The molecule has 0 aromatic carbocycles. The van der Waals surface area contributed by atoms with Gasteiger partial charge in [0.05, 0.1) is 0 Å². The van der Waals surface area contributed by atoms with E-state index in [1.165, 1.54) is 0 Å². The molecule has 0 radical (unpaired) electrons. The van der Waals surface area contributed by atoms with Crippen LogP contribution in [0, 0.1) is 0 Å². The molecule has 2 N–H and O–H groups in total. The van der Waals surface area contributed by atoms with Crippen LogP contribution in [0.5, 0.6) is 0 Å². The Morgan fingerprint density at radius 2 is 2.00 bits per heavy atom. The number of amides is 1. The summed E-state index contributed by atoms with van der Waals surface area (Å²) in [6.45, 7) is 9.19. The Balaban J connectivity index is 2.51. The summed E-state index contributed by atoms with van der Waals surface area (Å²) in [6.07, 6.45) is 4.80. The second-order valence-corrected chi connectivity index (χ2v) is 5.11. The molecule has 0 spiro atoms. The van der Waals surface area contributed by atoms with Crippen LogP contribution in [0.25, 0.3) is 0 Å². The predicted octanol–water partition coefficient (Wildman–Crippen LogP) is 2.07. The van der Waals surface area contributed by atoms with Gasteiger partial charge in [0.1, 0.15) is 0 Å². The number of nitrogens with two attached hydrogens (primary N) is 1. The summed E-state index contributed by atoms with van der Waals surface area (Å²) in [6, 6.07) is 0. The number of carbonyl (C=O) groups is 1. The summed E-state index contributed by atoms with van der Waals surface area (Å²) in [4.78, 5) is 13.9. The number of rotatable bonds is 5. The van der Waals surface area contributed by atoms with Crippen molar-refractivity contribution in [2.24, 2.45) is 5.73 Å². The largest absolute Gasteiger partial charge is 0.339 e. The number of hydrogen-bond acceptors (Lipinski definition) is 2. The topological polar surface area (TPSA) is 46.3 Å². The minimum absolute atomic E-state index is 0.176. The maximum absolute atomic E-state index is 12.1. The van der Waals surface area contributed by atoms with Crippen LogP contribution in [0.15, 0.2) is 12.2 Å². The van der Waals surface area contributed by atoms with Crippen molar-refractivity contribution in [3.8, 4) is 0 Å². The van der Waals surface area contributed by atoms with E-state index in [4.69, 9.17) is 5.73 Å². The predicted molar refractivity (Wildman–Crippen MR) is 67.1 cm³/mol. The Bertz CT molecular complexity index is 267. The Kier molecular flexibility index (Phi) is 4.54. The molecule has 1 fully saturated rings. The van der Waals surface area contributed by atoms with Crippen LogP contribution in [0.1, 0.15) is 46.0 Å². The molecule has 1 amide bonds. The lowest BCUT2D eigenvalue weighted by atomic mass is 9.94. The zero-order valence-corrected chi connectivity index (χ0v) is 10.6. The molecule has 0 heterocycles. The first-order chi connectivity index (χ1) is 7.47. The van der Waals surface area contributed by atoms with E-state index in [2.05, 4.69) is 6.58 Å². The highest BCUT2D eigenvalue weighted by molar-refractivity contribution is 5.77. The average Bonchev–Trinajstić information content (AvgIpc) is 2.60. The van der Waals surface area contributed by atoms with E-state index in [9.17, 15) is 4.79 Å². The summed E-state index contributed by atoms with van der Waals surface area (Å²) in [5, 5.41) is 0. The van der Waals surface area contributed by atoms with Gasteiger partial charge in [0.15, 0.2) is 0 Å². The number of hydrogen-bond donors (Lipinski definition) is 1. The van der Waals surface area contributed by atoms with Gasteiger partial charge in [0, 0.05) is 25.0 Å². The molecule has 92 valence electrons. The summed E-state index contributed by atoms with van der Waals surface area (Å²) in [7, 11) is 0. The molecule has 1 saturated carbocycles. The number of nitrogens with zero attached hydrogens (tertiary/aromatic N) is 1. The Hall–Kier alpha value is -0.830.